The first-order chi connectivity index (χ1) is 7.33. The molecule has 0 atom stereocenters. The van der Waals surface area contributed by atoms with Crippen LogP contribution in [0, 0.1) is 0 Å². The Morgan fingerprint density at radius 1 is 1.47 bits per heavy atom. The normalized spacial score (nSPS) is 10.5. The lowest BCUT2D eigenvalue weighted by Crippen LogP contribution is -1.98. The molecular formula is C11H14N2OS. The number of methoxy groups -OCH3 is 1. The first-order valence-electron chi connectivity index (χ1n) is 5.02. The Kier molecular flexibility index (Phi) is 3.06. The zero-order chi connectivity index (χ0) is 10.7. The summed E-state index contributed by atoms with van der Waals surface area (Å²) in [5.41, 5.74) is 1.03. The maximum Gasteiger partial charge on any atom is 0.183 e. The summed E-state index contributed by atoms with van der Waals surface area (Å²) in [6.07, 6.45) is 1.11. The molecule has 0 aliphatic rings. The SMILES string of the molecule is CCCNc1nc2ccc(OC)cc2s1. The van der Waals surface area contributed by atoms with Crippen LogP contribution in [0.25, 0.3) is 10.2 Å². The second-order valence-electron chi connectivity index (χ2n) is 3.28. The van der Waals surface area contributed by atoms with Gasteiger partial charge in [-0.3, -0.25) is 0 Å². The molecule has 3 nitrogen and oxygen atoms in total. The lowest BCUT2D eigenvalue weighted by atomic mass is 10.3. The number of nitrogens with zero attached hydrogens (tertiary/aromatic N) is 1. The van der Waals surface area contributed by atoms with Gasteiger partial charge in [-0.1, -0.05) is 18.3 Å². The summed E-state index contributed by atoms with van der Waals surface area (Å²) in [4.78, 5) is 4.48. The third-order valence-electron chi connectivity index (χ3n) is 2.12. The van der Waals surface area contributed by atoms with Crippen LogP contribution in [0.5, 0.6) is 5.75 Å². The minimum atomic E-state index is 0.883. The molecule has 0 spiro atoms. The average molecular weight is 222 g/mol. The number of nitrogens with one attached hydrogen (secondary N) is 1. The summed E-state index contributed by atoms with van der Waals surface area (Å²) in [6, 6.07) is 5.94. The van der Waals surface area contributed by atoms with Crippen molar-refractivity contribution in [2.75, 3.05) is 19.0 Å². The molecule has 1 aromatic carbocycles. The number of rotatable bonds is 4. The van der Waals surface area contributed by atoms with E-state index < -0.39 is 0 Å². The fraction of sp³-hybridized carbons (Fsp3) is 0.364. The van der Waals surface area contributed by atoms with Crippen molar-refractivity contribution < 1.29 is 4.74 Å². The highest BCUT2D eigenvalue weighted by Gasteiger charge is 2.03. The van der Waals surface area contributed by atoms with Crippen molar-refractivity contribution in [1.82, 2.24) is 4.98 Å². The van der Waals surface area contributed by atoms with Crippen molar-refractivity contribution in [3.05, 3.63) is 18.2 Å². The highest BCUT2D eigenvalue weighted by molar-refractivity contribution is 7.22. The van der Waals surface area contributed by atoms with E-state index in [0.29, 0.717) is 0 Å². The van der Waals surface area contributed by atoms with E-state index in [1.54, 1.807) is 18.4 Å². The number of benzene rings is 1. The van der Waals surface area contributed by atoms with Gasteiger partial charge in [-0.25, -0.2) is 4.98 Å². The van der Waals surface area contributed by atoms with Crippen LogP contribution in [0.4, 0.5) is 5.13 Å². The zero-order valence-corrected chi connectivity index (χ0v) is 9.73. The number of ether oxygens (including phenoxy) is 1. The van der Waals surface area contributed by atoms with Gasteiger partial charge in [0.2, 0.25) is 0 Å². The summed E-state index contributed by atoms with van der Waals surface area (Å²) in [5.74, 6) is 0.883. The molecule has 15 heavy (non-hydrogen) atoms. The van der Waals surface area contributed by atoms with Crippen molar-refractivity contribution >= 4 is 26.7 Å². The lowest BCUT2D eigenvalue weighted by Gasteiger charge is -1.96. The molecule has 0 saturated heterocycles. The number of thiazole rings is 1. The number of anilines is 1. The summed E-state index contributed by atoms with van der Waals surface area (Å²) >= 11 is 1.66. The van der Waals surface area contributed by atoms with E-state index in [4.69, 9.17) is 4.74 Å². The van der Waals surface area contributed by atoms with E-state index in [9.17, 15) is 0 Å². The second-order valence-corrected chi connectivity index (χ2v) is 4.31. The van der Waals surface area contributed by atoms with Gasteiger partial charge in [-0.05, 0) is 24.6 Å². The lowest BCUT2D eigenvalue weighted by molar-refractivity contribution is 0.415. The molecule has 0 saturated carbocycles. The molecule has 1 N–H and O–H groups in total. The van der Waals surface area contributed by atoms with Crippen molar-refractivity contribution in [2.24, 2.45) is 0 Å². The minimum absolute atomic E-state index is 0.883. The Morgan fingerprint density at radius 2 is 2.33 bits per heavy atom. The van der Waals surface area contributed by atoms with Crippen LogP contribution in [0.3, 0.4) is 0 Å². The van der Waals surface area contributed by atoms with Crippen LogP contribution in [-0.4, -0.2) is 18.6 Å². The first-order valence-corrected chi connectivity index (χ1v) is 5.83. The summed E-state index contributed by atoms with van der Waals surface area (Å²) in [7, 11) is 1.68. The maximum absolute atomic E-state index is 5.17. The zero-order valence-electron chi connectivity index (χ0n) is 8.91. The van der Waals surface area contributed by atoms with E-state index in [2.05, 4.69) is 17.2 Å². The third kappa shape index (κ3) is 2.21. The van der Waals surface area contributed by atoms with Gasteiger partial charge in [0.05, 0.1) is 17.3 Å². The molecule has 0 amide bonds. The van der Waals surface area contributed by atoms with E-state index in [0.717, 1.165) is 34.1 Å². The van der Waals surface area contributed by atoms with Crippen molar-refractivity contribution in [3.63, 3.8) is 0 Å². The molecule has 0 radical (unpaired) electrons. The fourth-order valence-corrected chi connectivity index (χ4v) is 2.26. The molecule has 0 fully saturated rings. The third-order valence-corrected chi connectivity index (χ3v) is 3.10. The molecule has 0 bridgehead atoms. The standard InChI is InChI=1S/C11H14N2OS/c1-3-6-12-11-13-9-5-4-8(14-2)7-10(9)15-11/h4-5,7H,3,6H2,1-2H3,(H,12,13). The van der Waals surface area contributed by atoms with Crippen LogP contribution in [0.2, 0.25) is 0 Å². The second kappa shape index (κ2) is 4.49. The van der Waals surface area contributed by atoms with Gasteiger partial charge in [0.15, 0.2) is 5.13 Å². The molecule has 0 aliphatic carbocycles. The van der Waals surface area contributed by atoms with Gasteiger partial charge in [-0.15, -0.1) is 0 Å². The number of hydrogen-bond acceptors (Lipinski definition) is 4. The molecule has 1 aromatic heterocycles. The van der Waals surface area contributed by atoms with E-state index in [-0.39, 0.29) is 0 Å². The van der Waals surface area contributed by atoms with Crippen molar-refractivity contribution in [3.8, 4) is 5.75 Å². The minimum Gasteiger partial charge on any atom is -0.497 e. The Hall–Kier alpha value is -1.29. The van der Waals surface area contributed by atoms with Crippen LogP contribution in [0.1, 0.15) is 13.3 Å². The smallest absolute Gasteiger partial charge is 0.183 e. The Bertz CT molecular complexity index is 453. The van der Waals surface area contributed by atoms with Gasteiger partial charge < -0.3 is 10.1 Å². The molecule has 2 rings (SSSR count). The van der Waals surface area contributed by atoms with E-state index >= 15 is 0 Å². The van der Waals surface area contributed by atoms with Crippen molar-refractivity contribution in [2.45, 2.75) is 13.3 Å². The molecule has 4 heteroatoms. The highest BCUT2D eigenvalue weighted by Crippen LogP contribution is 2.28. The summed E-state index contributed by atoms with van der Waals surface area (Å²) in [5, 5.41) is 4.27. The van der Waals surface area contributed by atoms with Gasteiger partial charge in [0.1, 0.15) is 5.75 Å². The van der Waals surface area contributed by atoms with Crippen molar-refractivity contribution in [1.29, 1.82) is 0 Å². The summed E-state index contributed by atoms with van der Waals surface area (Å²) in [6.45, 7) is 3.11. The molecular weight excluding hydrogens is 208 g/mol. The quantitative estimate of drug-likeness (QED) is 0.863. The predicted octanol–water partition coefficient (Wildman–Crippen LogP) is 3.13. The Morgan fingerprint density at radius 3 is 3.07 bits per heavy atom. The van der Waals surface area contributed by atoms with E-state index in [1.807, 2.05) is 18.2 Å². The summed E-state index contributed by atoms with van der Waals surface area (Å²) < 4.78 is 6.33. The molecule has 0 unspecified atom stereocenters. The van der Waals surface area contributed by atoms with Crippen LogP contribution in [-0.2, 0) is 0 Å². The predicted molar refractivity (Wildman–Crippen MR) is 65.0 cm³/mol. The van der Waals surface area contributed by atoms with Crippen LogP contribution >= 0.6 is 11.3 Å². The van der Waals surface area contributed by atoms with E-state index in [1.165, 1.54) is 0 Å². The van der Waals surface area contributed by atoms with Gasteiger partial charge in [0.25, 0.3) is 0 Å². The largest absolute Gasteiger partial charge is 0.497 e. The number of hydrogen-bond donors (Lipinski definition) is 1. The highest BCUT2D eigenvalue weighted by atomic mass is 32.1. The van der Waals surface area contributed by atoms with Gasteiger partial charge >= 0.3 is 0 Å². The number of aromatic nitrogens is 1. The Labute approximate surface area is 93.1 Å². The number of fused-ring (bicyclic) bond motifs is 1. The van der Waals surface area contributed by atoms with Crippen LogP contribution < -0.4 is 10.1 Å². The molecule has 0 aliphatic heterocycles. The first kappa shape index (κ1) is 10.2. The molecule has 2 aromatic rings. The maximum atomic E-state index is 5.17. The van der Waals surface area contributed by atoms with Crippen LogP contribution in [0.15, 0.2) is 18.2 Å². The average Bonchev–Trinajstić information content (AvgIpc) is 2.67. The fourth-order valence-electron chi connectivity index (χ4n) is 1.34. The molecule has 1 heterocycles. The molecule has 80 valence electrons. The topological polar surface area (TPSA) is 34.2 Å². The van der Waals surface area contributed by atoms with Gasteiger partial charge in [-0.2, -0.15) is 0 Å². The monoisotopic (exact) mass is 222 g/mol. The van der Waals surface area contributed by atoms with Gasteiger partial charge in [0, 0.05) is 6.54 Å². The Balaban J connectivity index is 2.29.